The van der Waals surface area contributed by atoms with Crippen molar-refractivity contribution in [1.29, 1.82) is 0 Å². The van der Waals surface area contributed by atoms with E-state index in [0.29, 0.717) is 41.7 Å². The van der Waals surface area contributed by atoms with Gasteiger partial charge in [0.1, 0.15) is 12.4 Å². The molecule has 0 saturated heterocycles. The molecule has 32 heavy (non-hydrogen) atoms. The molecule has 1 heterocycles. The highest BCUT2D eigenvalue weighted by Crippen LogP contribution is 2.35. The Balaban J connectivity index is 1.38. The standard InChI is InChI=1S/C23H22N2O6S/c1-2-24-32(27,28)20-9-6-17(7-10-20)23(26)25-18-5-3-4-16(12-18)14-29-19-8-11-21-22(13-19)31-15-30-21/h3-13,24H,2,14-15H2,1H3,(H,25,26). The topological polar surface area (TPSA) is 103 Å². The fourth-order valence-corrected chi connectivity index (χ4v) is 4.18. The number of carbonyl (C=O) groups is 1. The summed E-state index contributed by atoms with van der Waals surface area (Å²) in [4.78, 5) is 12.7. The minimum atomic E-state index is -3.56. The van der Waals surface area contributed by atoms with Gasteiger partial charge < -0.3 is 19.5 Å². The van der Waals surface area contributed by atoms with Gasteiger partial charge in [-0.15, -0.1) is 0 Å². The second-order valence-corrected chi connectivity index (χ2v) is 8.75. The highest BCUT2D eigenvalue weighted by atomic mass is 32.2. The number of nitrogens with one attached hydrogen (secondary N) is 2. The van der Waals surface area contributed by atoms with Crippen molar-refractivity contribution in [2.24, 2.45) is 0 Å². The molecule has 9 heteroatoms. The van der Waals surface area contributed by atoms with Crippen LogP contribution in [0.15, 0.2) is 71.6 Å². The number of ether oxygens (including phenoxy) is 3. The lowest BCUT2D eigenvalue weighted by atomic mass is 10.2. The summed E-state index contributed by atoms with van der Waals surface area (Å²) >= 11 is 0. The molecule has 2 N–H and O–H groups in total. The zero-order chi connectivity index (χ0) is 22.6. The maximum atomic E-state index is 12.6. The molecule has 0 fully saturated rings. The fraction of sp³-hybridized carbons (Fsp3) is 0.174. The van der Waals surface area contributed by atoms with E-state index in [1.165, 1.54) is 24.3 Å². The highest BCUT2D eigenvalue weighted by Gasteiger charge is 2.15. The largest absolute Gasteiger partial charge is 0.489 e. The summed E-state index contributed by atoms with van der Waals surface area (Å²) in [6.45, 7) is 2.50. The average Bonchev–Trinajstić information content (AvgIpc) is 3.26. The van der Waals surface area contributed by atoms with Crippen LogP contribution >= 0.6 is 0 Å². The Morgan fingerprint density at radius 1 is 1.00 bits per heavy atom. The van der Waals surface area contributed by atoms with Crippen LogP contribution in [0, 0.1) is 0 Å². The van der Waals surface area contributed by atoms with Crippen molar-refractivity contribution >= 4 is 21.6 Å². The maximum Gasteiger partial charge on any atom is 0.255 e. The summed E-state index contributed by atoms with van der Waals surface area (Å²) in [5.41, 5.74) is 1.82. The fourth-order valence-electron chi connectivity index (χ4n) is 3.13. The van der Waals surface area contributed by atoms with Gasteiger partial charge in [-0.2, -0.15) is 0 Å². The Labute approximate surface area is 186 Å². The second kappa shape index (κ2) is 9.29. The summed E-state index contributed by atoms with van der Waals surface area (Å²) < 4.78 is 42.9. The van der Waals surface area contributed by atoms with E-state index in [1.54, 1.807) is 31.2 Å². The monoisotopic (exact) mass is 454 g/mol. The van der Waals surface area contributed by atoms with Gasteiger partial charge in [-0.25, -0.2) is 13.1 Å². The number of hydrogen-bond donors (Lipinski definition) is 2. The minimum Gasteiger partial charge on any atom is -0.489 e. The molecule has 1 aliphatic rings. The molecular weight excluding hydrogens is 432 g/mol. The van der Waals surface area contributed by atoms with E-state index in [4.69, 9.17) is 14.2 Å². The van der Waals surface area contributed by atoms with Gasteiger partial charge in [-0.1, -0.05) is 19.1 Å². The summed E-state index contributed by atoms with van der Waals surface area (Å²) in [5.74, 6) is 1.64. The van der Waals surface area contributed by atoms with Crippen molar-refractivity contribution in [2.75, 3.05) is 18.7 Å². The number of sulfonamides is 1. The lowest BCUT2D eigenvalue weighted by Gasteiger charge is -2.10. The number of anilines is 1. The van der Waals surface area contributed by atoms with Gasteiger partial charge in [0.05, 0.1) is 4.90 Å². The zero-order valence-corrected chi connectivity index (χ0v) is 18.1. The van der Waals surface area contributed by atoms with Crippen LogP contribution in [0.5, 0.6) is 17.2 Å². The van der Waals surface area contributed by atoms with Crippen molar-refractivity contribution in [2.45, 2.75) is 18.4 Å². The molecule has 0 spiro atoms. The van der Waals surface area contributed by atoms with Gasteiger partial charge in [0.2, 0.25) is 16.8 Å². The van der Waals surface area contributed by atoms with Crippen molar-refractivity contribution in [3.05, 3.63) is 77.9 Å². The predicted octanol–water partition coefficient (Wildman–Crippen LogP) is 3.54. The zero-order valence-electron chi connectivity index (χ0n) is 17.3. The van der Waals surface area contributed by atoms with Crippen molar-refractivity contribution in [1.82, 2.24) is 4.72 Å². The average molecular weight is 455 g/mol. The number of benzene rings is 3. The molecule has 0 aromatic heterocycles. The van der Waals surface area contributed by atoms with Gasteiger partial charge in [0.25, 0.3) is 5.91 Å². The van der Waals surface area contributed by atoms with Crippen molar-refractivity contribution in [3.63, 3.8) is 0 Å². The number of hydrogen-bond acceptors (Lipinski definition) is 6. The number of rotatable bonds is 8. The lowest BCUT2D eigenvalue weighted by molar-refractivity contribution is 0.102. The summed E-state index contributed by atoms with van der Waals surface area (Å²) in [6, 6.07) is 18.4. The van der Waals surface area contributed by atoms with E-state index in [2.05, 4.69) is 10.0 Å². The third-order valence-electron chi connectivity index (χ3n) is 4.70. The summed E-state index contributed by atoms with van der Waals surface area (Å²) in [6.07, 6.45) is 0. The van der Waals surface area contributed by atoms with Gasteiger partial charge in [-0.3, -0.25) is 4.79 Å². The molecule has 0 saturated carbocycles. The molecule has 3 aromatic carbocycles. The van der Waals surface area contributed by atoms with Gasteiger partial charge in [0, 0.05) is 23.9 Å². The minimum absolute atomic E-state index is 0.110. The SMILES string of the molecule is CCNS(=O)(=O)c1ccc(C(=O)Nc2cccc(COc3ccc4c(c3)OCO4)c2)cc1. The Bertz CT molecular complexity index is 1230. The maximum absolute atomic E-state index is 12.6. The van der Waals surface area contributed by atoms with Gasteiger partial charge in [-0.05, 0) is 54.1 Å². The number of amides is 1. The van der Waals surface area contributed by atoms with Crippen LogP contribution in [-0.4, -0.2) is 27.7 Å². The van der Waals surface area contributed by atoms with Crippen LogP contribution in [-0.2, 0) is 16.6 Å². The van der Waals surface area contributed by atoms with Crippen LogP contribution in [0.3, 0.4) is 0 Å². The molecule has 3 aromatic rings. The molecule has 166 valence electrons. The smallest absolute Gasteiger partial charge is 0.255 e. The third-order valence-corrected chi connectivity index (χ3v) is 6.26. The Morgan fingerprint density at radius 2 is 1.78 bits per heavy atom. The lowest BCUT2D eigenvalue weighted by Crippen LogP contribution is -2.23. The van der Waals surface area contributed by atoms with E-state index in [-0.39, 0.29) is 17.6 Å². The molecule has 0 aliphatic carbocycles. The van der Waals surface area contributed by atoms with Crippen molar-refractivity contribution in [3.8, 4) is 17.2 Å². The molecule has 8 nitrogen and oxygen atoms in total. The van der Waals surface area contributed by atoms with Crippen LogP contribution in [0.2, 0.25) is 0 Å². The molecular formula is C23H22N2O6S. The summed E-state index contributed by atoms with van der Waals surface area (Å²) in [7, 11) is -3.56. The summed E-state index contributed by atoms with van der Waals surface area (Å²) in [5, 5.41) is 2.82. The first-order valence-electron chi connectivity index (χ1n) is 9.97. The van der Waals surface area contributed by atoms with E-state index in [1.807, 2.05) is 18.2 Å². The van der Waals surface area contributed by atoms with Crippen LogP contribution in [0.25, 0.3) is 0 Å². The van der Waals surface area contributed by atoms with E-state index in [0.717, 1.165) is 5.56 Å². The second-order valence-electron chi connectivity index (χ2n) is 6.98. The quantitative estimate of drug-likeness (QED) is 0.540. The molecule has 0 atom stereocenters. The Kier molecular flexibility index (Phi) is 6.29. The Hall–Kier alpha value is -3.56. The van der Waals surface area contributed by atoms with E-state index in [9.17, 15) is 13.2 Å². The molecule has 0 radical (unpaired) electrons. The van der Waals surface area contributed by atoms with Crippen molar-refractivity contribution < 1.29 is 27.4 Å². The predicted molar refractivity (Wildman–Crippen MR) is 119 cm³/mol. The van der Waals surface area contributed by atoms with E-state index < -0.39 is 10.0 Å². The van der Waals surface area contributed by atoms with Gasteiger partial charge in [0.15, 0.2) is 11.5 Å². The normalized spacial score (nSPS) is 12.4. The van der Waals surface area contributed by atoms with Gasteiger partial charge >= 0.3 is 0 Å². The van der Waals surface area contributed by atoms with Crippen LogP contribution < -0.4 is 24.2 Å². The third kappa shape index (κ3) is 5.01. The molecule has 1 aliphatic heterocycles. The first-order chi connectivity index (χ1) is 15.4. The number of fused-ring (bicyclic) bond motifs is 1. The highest BCUT2D eigenvalue weighted by molar-refractivity contribution is 7.89. The van der Waals surface area contributed by atoms with Crippen LogP contribution in [0.1, 0.15) is 22.8 Å². The first kappa shape index (κ1) is 21.7. The molecule has 1 amide bonds. The van der Waals surface area contributed by atoms with Crippen LogP contribution in [0.4, 0.5) is 5.69 Å². The molecule has 0 bridgehead atoms. The molecule has 4 rings (SSSR count). The van der Waals surface area contributed by atoms with E-state index >= 15 is 0 Å². The Morgan fingerprint density at radius 3 is 2.56 bits per heavy atom. The first-order valence-corrected chi connectivity index (χ1v) is 11.5. The number of carbonyl (C=O) groups excluding carboxylic acids is 1. The molecule has 0 unspecified atom stereocenters.